The monoisotopic (exact) mass is 375 g/mol. The zero-order valence-corrected chi connectivity index (χ0v) is 14.7. The van der Waals surface area contributed by atoms with Crippen molar-refractivity contribution in [2.75, 3.05) is 18.0 Å². The summed E-state index contributed by atoms with van der Waals surface area (Å²) in [5, 5.41) is 0. The van der Waals surface area contributed by atoms with Crippen LogP contribution in [0, 0.1) is 0 Å². The number of halogens is 1. The molecule has 4 heteroatoms. The third kappa shape index (κ3) is 3.87. The molecule has 2 nitrogen and oxygen atoms in total. The molecular weight excluding hydrogens is 358 g/mol. The SMILES string of the molecule is O=C(/C=C/c1ccc(N2CCCCC2)cc1)c1ccc(Br)s1. The Morgan fingerprint density at radius 1 is 1.05 bits per heavy atom. The molecule has 114 valence electrons. The molecule has 0 unspecified atom stereocenters. The second-order valence-corrected chi connectivity index (χ2v) is 7.90. The summed E-state index contributed by atoms with van der Waals surface area (Å²) < 4.78 is 0.982. The van der Waals surface area contributed by atoms with Crippen molar-refractivity contribution in [1.82, 2.24) is 0 Å². The van der Waals surface area contributed by atoms with E-state index in [4.69, 9.17) is 0 Å². The van der Waals surface area contributed by atoms with Crippen LogP contribution in [0.3, 0.4) is 0 Å². The van der Waals surface area contributed by atoms with E-state index < -0.39 is 0 Å². The molecule has 1 aliphatic heterocycles. The van der Waals surface area contributed by atoms with Gasteiger partial charge in [-0.15, -0.1) is 11.3 Å². The first kappa shape index (κ1) is 15.5. The lowest BCUT2D eigenvalue weighted by Crippen LogP contribution is -2.29. The van der Waals surface area contributed by atoms with E-state index in [1.54, 1.807) is 6.08 Å². The summed E-state index contributed by atoms with van der Waals surface area (Å²) in [6.45, 7) is 2.31. The Kier molecular flexibility index (Phi) is 5.11. The molecule has 0 saturated carbocycles. The molecule has 0 amide bonds. The van der Waals surface area contributed by atoms with E-state index in [1.165, 1.54) is 36.3 Å². The number of hydrogen-bond acceptors (Lipinski definition) is 3. The van der Waals surface area contributed by atoms with Crippen molar-refractivity contribution < 1.29 is 4.79 Å². The zero-order chi connectivity index (χ0) is 15.4. The Bertz CT molecular complexity index is 669. The first-order valence-electron chi connectivity index (χ1n) is 7.55. The highest BCUT2D eigenvalue weighted by atomic mass is 79.9. The van der Waals surface area contributed by atoms with E-state index in [0.29, 0.717) is 0 Å². The minimum atomic E-state index is 0.0517. The molecule has 0 bridgehead atoms. The average Bonchev–Trinajstić information content (AvgIpc) is 3.00. The molecule has 3 rings (SSSR count). The van der Waals surface area contributed by atoms with Gasteiger partial charge in [0.1, 0.15) is 0 Å². The predicted octanol–water partition coefficient (Wildman–Crippen LogP) is 5.40. The maximum atomic E-state index is 12.0. The highest BCUT2D eigenvalue weighted by molar-refractivity contribution is 9.11. The number of thiophene rings is 1. The molecular formula is C18H18BrNOS. The number of carbonyl (C=O) groups excluding carboxylic acids is 1. The molecule has 2 heterocycles. The predicted molar refractivity (Wildman–Crippen MR) is 97.9 cm³/mol. The number of carbonyl (C=O) groups is 1. The summed E-state index contributed by atoms with van der Waals surface area (Å²) in [5.41, 5.74) is 2.34. The molecule has 0 aliphatic carbocycles. The first-order chi connectivity index (χ1) is 10.7. The van der Waals surface area contributed by atoms with Gasteiger partial charge >= 0.3 is 0 Å². The number of nitrogens with zero attached hydrogens (tertiary/aromatic N) is 1. The third-order valence-corrected chi connectivity index (χ3v) is 5.50. The van der Waals surface area contributed by atoms with Crippen LogP contribution in [0.5, 0.6) is 0 Å². The van der Waals surface area contributed by atoms with Gasteiger partial charge in [-0.25, -0.2) is 0 Å². The van der Waals surface area contributed by atoms with Gasteiger partial charge < -0.3 is 4.90 Å². The molecule has 2 aromatic rings. The van der Waals surface area contributed by atoms with Gasteiger partial charge in [-0.3, -0.25) is 4.79 Å². The fourth-order valence-electron chi connectivity index (χ4n) is 2.65. The molecule has 0 atom stereocenters. The smallest absolute Gasteiger partial charge is 0.195 e. The normalized spacial score (nSPS) is 15.4. The Balaban J connectivity index is 1.65. The highest BCUT2D eigenvalue weighted by Gasteiger charge is 2.10. The summed E-state index contributed by atoms with van der Waals surface area (Å²) in [7, 11) is 0. The minimum Gasteiger partial charge on any atom is -0.372 e. The number of rotatable bonds is 4. The van der Waals surface area contributed by atoms with Crippen LogP contribution >= 0.6 is 27.3 Å². The Morgan fingerprint density at radius 2 is 1.77 bits per heavy atom. The first-order valence-corrected chi connectivity index (χ1v) is 9.16. The molecule has 1 saturated heterocycles. The van der Waals surface area contributed by atoms with Gasteiger partial charge in [-0.1, -0.05) is 18.2 Å². The van der Waals surface area contributed by atoms with Crippen LogP contribution in [0.15, 0.2) is 46.3 Å². The average molecular weight is 376 g/mol. The summed E-state index contributed by atoms with van der Waals surface area (Å²) >= 11 is 4.84. The minimum absolute atomic E-state index is 0.0517. The van der Waals surface area contributed by atoms with Crippen LogP contribution in [-0.4, -0.2) is 18.9 Å². The Labute approximate surface area is 143 Å². The largest absolute Gasteiger partial charge is 0.372 e. The van der Waals surface area contributed by atoms with E-state index in [2.05, 4.69) is 45.1 Å². The van der Waals surface area contributed by atoms with Crippen LogP contribution in [-0.2, 0) is 0 Å². The fraction of sp³-hybridized carbons (Fsp3) is 0.278. The number of ketones is 1. The lowest BCUT2D eigenvalue weighted by Gasteiger charge is -2.28. The van der Waals surface area contributed by atoms with Crippen molar-refractivity contribution >= 4 is 44.8 Å². The van der Waals surface area contributed by atoms with Crippen LogP contribution in [0.1, 0.15) is 34.5 Å². The van der Waals surface area contributed by atoms with E-state index in [9.17, 15) is 4.79 Å². The van der Waals surface area contributed by atoms with Gasteiger partial charge in [0.25, 0.3) is 0 Å². The quantitative estimate of drug-likeness (QED) is 0.526. The number of anilines is 1. The summed E-state index contributed by atoms with van der Waals surface area (Å²) in [5.74, 6) is 0.0517. The van der Waals surface area contributed by atoms with Gasteiger partial charge in [0.2, 0.25) is 0 Å². The molecule has 0 N–H and O–H groups in total. The second-order valence-electron chi connectivity index (χ2n) is 5.44. The molecule has 1 fully saturated rings. The second kappa shape index (κ2) is 7.25. The third-order valence-electron chi connectivity index (χ3n) is 3.86. The number of allylic oxidation sites excluding steroid dienone is 1. The van der Waals surface area contributed by atoms with Crippen molar-refractivity contribution in [2.45, 2.75) is 19.3 Å². The van der Waals surface area contributed by atoms with E-state index in [0.717, 1.165) is 27.3 Å². The molecule has 1 aromatic carbocycles. The van der Waals surface area contributed by atoms with E-state index in [1.807, 2.05) is 18.2 Å². The molecule has 1 aliphatic rings. The van der Waals surface area contributed by atoms with Gasteiger partial charge in [-0.2, -0.15) is 0 Å². The van der Waals surface area contributed by atoms with E-state index >= 15 is 0 Å². The van der Waals surface area contributed by atoms with Crippen LogP contribution < -0.4 is 4.90 Å². The van der Waals surface area contributed by atoms with Gasteiger partial charge in [0.05, 0.1) is 8.66 Å². The lowest BCUT2D eigenvalue weighted by atomic mass is 10.1. The van der Waals surface area contributed by atoms with Crippen LogP contribution in [0.25, 0.3) is 6.08 Å². The zero-order valence-electron chi connectivity index (χ0n) is 12.3. The number of piperidine rings is 1. The topological polar surface area (TPSA) is 20.3 Å². The molecule has 22 heavy (non-hydrogen) atoms. The number of hydrogen-bond donors (Lipinski definition) is 0. The van der Waals surface area contributed by atoms with Crippen LogP contribution in [0.2, 0.25) is 0 Å². The summed E-state index contributed by atoms with van der Waals surface area (Å²) in [6, 6.07) is 12.2. The maximum Gasteiger partial charge on any atom is 0.195 e. The van der Waals surface area contributed by atoms with Gasteiger partial charge in [-0.05, 0) is 71.1 Å². The maximum absolute atomic E-state index is 12.0. The van der Waals surface area contributed by atoms with Crippen molar-refractivity contribution in [1.29, 1.82) is 0 Å². The molecule has 0 spiro atoms. The standard InChI is InChI=1S/C18H18BrNOS/c19-18-11-10-17(22-18)16(21)9-6-14-4-7-15(8-5-14)20-12-2-1-3-13-20/h4-11H,1-3,12-13H2/b9-6+. The summed E-state index contributed by atoms with van der Waals surface area (Å²) in [6.07, 6.45) is 7.45. The summed E-state index contributed by atoms with van der Waals surface area (Å²) in [4.78, 5) is 15.2. The Morgan fingerprint density at radius 3 is 2.41 bits per heavy atom. The van der Waals surface area contributed by atoms with Gasteiger partial charge in [0, 0.05) is 18.8 Å². The van der Waals surface area contributed by atoms with Crippen molar-refractivity contribution in [3.63, 3.8) is 0 Å². The molecule has 1 aromatic heterocycles. The number of benzene rings is 1. The lowest BCUT2D eigenvalue weighted by molar-refractivity contribution is 0.105. The van der Waals surface area contributed by atoms with Crippen molar-refractivity contribution in [3.05, 3.63) is 56.7 Å². The van der Waals surface area contributed by atoms with Crippen molar-refractivity contribution in [2.24, 2.45) is 0 Å². The molecule has 0 radical (unpaired) electrons. The highest BCUT2D eigenvalue weighted by Crippen LogP contribution is 2.23. The van der Waals surface area contributed by atoms with E-state index in [-0.39, 0.29) is 5.78 Å². The Hall–Kier alpha value is -1.39. The fourth-order valence-corrected chi connectivity index (χ4v) is 3.96. The van der Waals surface area contributed by atoms with Crippen molar-refractivity contribution in [3.8, 4) is 0 Å². The van der Waals surface area contributed by atoms with Gasteiger partial charge in [0.15, 0.2) is 5.78 Å². The van der Waals surface area contributed by atoms with Crippen LogP contribution in [0.4, 0.5) is 5.69 Å².